The number of nitrogens with one attached hydrogen (secondary N) is 4. The van der Waals surface area contributed by atoms with E-state index in [9.17, 15) is 24.0 Å². The van der Waals surface area contributed by atoms with Crippen LogP contribution in [0, 0.1) is 11.8 Å². The van der Waals surface area contributed by atoms with Crippen molar-refractivity contribution in [2.24, 2.45) is 11.8 Å². The maximum absolute atomic E-state index is 13.4. The first-order valence-corrected chi connectivity index (χ1v) is 15.3. The number of Topliss-reactive ketones (excluding diaryl/α,β-unsaturated/α-hetero) is 1. The van der Waals surface area contributed by atoms with E-state index in [0.717, 1.165) is 24.8 Å². The van der Waals surface area contributed by atoms with Gasteiger partial charge in [0.2, 0.25) is 23.5 Å². The molecule has 0 saturated heterocycles. The van der Waals surface area contributed by atoms with Crippen molar-refractivity contribution < 1.29 is 24.0 Å². The summed E-state index contributed by atoms with van der Waals surface area (Å²) in [7, 11) is 0. The minimum Gasteiger partial charge on any atom is -0.349 e. The molecule has 4 amide bonds. The molecule has 2 aromatic carbocycles. The van der Waals surface area contributed by atoms with Gasteiger partial charge in [0.1, 0.15) is 12.1 Å². The quantitative estimate of drug-likeness (QED) is 0.155. The Hall–Kier alpha value is -4.01. The number of hydrogen-bond donors (Lipinski definition) is 4. The summed E-state index contributed by atoms with van der Waals surface area (Å²) >= 11 is 0. The molecule has 9 nitrogen and oxygen atoms in total. The summed E-state index contributed by atoms with van der Waals surface area (Å²) in [6.45, 7) is 9.48. The topological polar surface area (TPSA) is 133 Å². The van der Waals surface area contributed by atoms with E-state index in [2.05, 4.69) is 21.3 Å². The predicted octanol–water partition coefficient (Wildman–Crippen LogP) is 3.50. The molecule has 2 rings (SSSR count). The van der Waals surface area contributed by atoms with Gasteiger partial charge in [-0.2, -0.15) is 0 Å². The smallest absolute Gasteiger partial charge is 0.289 e. The summed E-state index contributed by atoms with van der Waals surface area (Å²) in [5, 5.41) is 10.8. The molecule has 0 fully saturated rings. The maximum Gasteiger partial charge on any atom is 0.289 e. The van der Waals surface area contributed by atoms with E-state index < -0.39 is 41.6 Å². The lowest BCUT2D eigenvalue weighted by Crippen LogP contribution is -2.57. The first kappa shape index (κ1) is 35.2. The van der Waals surface area contributed by atoms with Gasteiger partial charge >= 0.3 is 0 Å². The summed E-state index contributed by atoms with van der Waals surface area (Å²) in [4.78, 5) is 64.4. The SMILES string of the molecule is CC(C)CC(=O)N[C@@H](Cc1ccccc1)C(=O)N[C@@H](CC(C)C)C(=O)N[C@@H](C)C(=O)C(=O)NCCCCc1ccccc1. The fraction of sp³-hybridized carbons (Fsp3) is 0.500. The number of unbranched alkanes of at least 4 members (excludes halogenated alkanes) is 1. The normalized spacial score (nSPS) is 13.1. The molecular weight excluding hydrogens is 544 g/mol. The Bertz CT molecular complexity index is 1180. The van der Waals surface area contributed by atoms with Crippen molar-refractivity contribution in [2.45, 2.75) is 91.3 Å². The molecule has 0 unspecified atom stereocenters. The Kier molecular flexibility index (Phi) is 15.1. The fourth-order valence-electron chi connectivity index (χ4n) is 4.62. The molecule has 0 spiro atoms. The van der Waals surface area contributed by atoms with Crippen LogP contribution < -0.4 is 21.3 Å². The van der Waals surface area contributed by atoms with Gasteiger partial charge in [-0.25, -0.2) is 0 Å². The van der Waals surface area contributed by atoms with Crippen LogP contribution in [-0.4, -0.2) is 54.1 Å². The van der Waals surface area contributed by atoms with Gasteiger partial charge in [0.15, 0.2) is 0 Å². The van der Waals surface area contributed by atoms with Crippen LogP contribution in [0.25, 0.3) is 0 Å². The monoisotopic (exact) mass is 592 g/mol. The molecule has 0 aromatic heterocycles. The Morgan fingerprint density at radius 2 is 1.23 bits per heavy atom. The standard InChI is InChI=1S/C34H48N4O5/c1-23(2)20-28(38-33(42)29(37-30(39)21-24(3)4)22-27-17-10-7-11-18-27)32(41)36-25(5)31(40)34(43)35-19-13-12-16-26-14-8-6-9-15-26/h6-11,14-15,17-18,23-25,28-29H,12-13,16,19-22H2,1-5H3,(H,35,43)(H,36,41)(H,37,39)(H,38,42)/t25-,28-,29-/m0/s1. The lowest BCUT2D eigenvalue weighted by Gasteiger charge is -2.25. The van der Waals surface area contributed by atoms with Gasteiger partial charge in [-0.05, 0) is 55.6 Å². The second-order valence-electron chi connectivity index (χ2n) is 11.9. The zero-order chi connectivity index (χ0) is 31.8. The second-order valence-corrected chi connectivity index (χ2v) is 11.9. The van der Waals surface area contributed by atoms with Gasteiger partial charge in [-0.15, -0.1) is 0 Å². The van der Waals surface area contributed by atoms with E-state index in [-0.39, 0.29) is 30.6 Å². The van der Waals surface area contributed by atoms with Gasteiger partial charge in [0.25, 0.3) is 5.91 Å². The van der Waals surface area contributed by atoms with Crippen molar-refractivity contribution in [3.63, 3.8) is 0 Å². The molecule has 0 radical (unpaired) electrons. The minimum atomic E-state index is -1.07. The summed E-state index contributed by atoms with van der Waals surface area (Å²) in [5.41, 5.74) is 2.08. The molecule has 9 heteroatoms. The highest BCUT2D eigenvalue weighted by Gasteiger charge is 2.30. The molecule has 4 N–H and O–H groups in total. The van der Waals surface area contributed by atoms with Crippen molar-refractivity contribution in [3.05, 3.63) is 71.8 Å². The van der Waals surface area contributed by atoms with Crippen LogP contribution in [0.1, 0.15) is 71.4 Å². The van der Waals surface area contributed by atoms with Crippen molar-refractivity contribution in [3.8, 4) is 0 Å². The molecule has 0 heterocycles. The lowest BCUT2D eigenvalue weighted by atomic mass is 10.00. The molecule has 43 heavy (non-hydrogen) atoms. The molecule has 2 aromatic rings. The van der Waals surface area contributed by atoms with Crippen LogP contribution in [-0.2, 0) is 36.8 Å². The van der Waals surface area contributed by atoms with Crippen molar-refractivity contribution >= 4 is 29.4 Å². The number of amides is 4. The maximum atomic E-state index is 13.4. The van der Waals surface area contributed by atoms with Gasteiger partial charge < -0.3 is 21.3 Å². The Balaban J connectivity index is 1.96. The Morgan fingerprint density at radius 3 is 1.81 bits per heavy atom. The third-order valence-electron chi connectivity index (χ3n) is 6.86. The molecule has 234 valence electrons. The fourth-order valence-corrected chi connectivity index (χ4v) is 4.62. The number of ketones is 1. The highest BCUT2D eigenvalue weighted by Crippen LogP contribution is 2.10. The molecular formula is C34H48N4O5. The first-order chi connectivity index (χ1) is 20.5. The number of rotatable bonds is 18. The summed E-state index contributed by atoms with van der Waals surface area (Å²) < 4.78 is 0. The average Bonchev–Trinajstić information content (AvgIpc) is 2.96. The molecule has 0 saturated carbocycles. The van der Waals surface area contributed by atoms with Crippen LogP contribution in [0.2, 0.25) is 0 Å². The summed E-state index contributed by atoms with van der Waals surface area (Å²) in [6, 6.07) is 16.4. The third-order valence-corrected chi connectivity index (χ3v) is 6.86. The number of aryl methyl sites for hydroxylation is 1. The Morgan fingerprint density at radius 1 is 0.651 bits per heavy atom. The van der Waals surface area contributed by atoms with Crippen molar-refractivity contribution in [2.75, 3.05) is 6.54 Å². The van der Waals surface area contributed by atoms with Gasteiger partial charge in [-0.1, -0.05) is 88.4 Å². The average molecular weight is 593 g/mol. The summed E-state index contributed by atoms with van der Waals surface area (Å²) in [6.07, 6.45) is 3.30. The van der Waals surface area contributed by atoms with Gasteiger partial charge in [0.05, 0.1) is 6.04 Å². The summed E-state index contributed by atoms with van der Waals surface area (Å²) in [5.74, 6) is -2.66. The van der Waals surface area contributed by atoms with Crippen LogP contribution in [0.3, 0.4) is 0 Å². The van der Waals surface area contributed by atoms with Gasteiger partial charge in [0, 0.05) is 19.4 Å². The number of hydrogen-bond acceptors (Lipinski definition) is 5. The lowest BCUT2D eigenvalue weighted by molar-refractivity contribution is -0.140. The van der Waals surface area contributed by atoms with E-state index in [0.29, 0.717) is 13.0 Å². The number of carbonyl (C=O) groups excluding carboxylic acids is 5. The zero-order valence-corrected chi connectivity index (χ0v) is 26.2. The van der Waals surface area contributed by atoms with Crippen LogP contribution in [0.15, 0.2) is 60.7 Å². The molecule has 3 atom stereocenters. The van der Waals surface area contributed by atoms with E-state index in [1.54, 1.807) is 0 Å². The number of benzene rings is 2. The van der Waals surface area contributed by atoms with Crippen LogP contribution in [0.5, 0.6) is 0 Å². The molecule has 0 bridgehead atoms. The highest BCUT2D eigenvalue weighted by atomic mass is 16.2. The van der Waals surface area contributed by atoms with Gasteiger partial charge in [-0.3, -0.25) is 24.0 Å². The largest absolute Gasteiger partial charge is 0.349 e. The predicted molar refractivity (Wildman–Crippen MR) is 168 cm³/mol. The zero-order valence-electron chi connectivity index (χ0n) is 26.2. The van der Waals surface area contributed by atoms with E-state index >= 15 is 0 Å². The third kappa shape index (κ3) is 13.7. The first-order valence-electron chi connectivity index (χ1n) is 15.3. The molecule has 0 aliphatic heterocycles. The Labute approximate surface area is 256 Å². The van der Waals surface area contributed by atoms with E-state index in [1.165, 1.54) is 12.5 Å². The van der Waals surface area contributed by atoms with Crippen LogP contribution >= 0.6 is 0 Å². The number of carbonyl (C=O) groups is 5. The van der Waals surface area contributed by atoms with Crippen LogP contribution in [0.4, 0.5) is 0 Å². The van der Waals surface area contributed by atoms with E-state index in [1.807, 2.05) is 88.4 Å². The highest BCUT2D eigenvalue weighted by molar-refractivity contribution is 6.38. The van der Waals surface area contributed by atoms with Crippen molar-refractivity contribution in [1.29, 1.82) is 0 Å². The van der Waals surface area contributed by atoms with Crippen molar-refractivity contribution in [1.82, 2.24) is 21.3 Å². The minimum absolute atomic E-state index is 0.0457. The van der Waals surface area contributed by atoms with E-state index in [4.69, 9.17) is 0 Å². The molecule has 0 aliphatic carbocycles. The molecule has 0 aliphatic rings. The second kappa shape index (κ2) is 18.5.